The van der Waals surface area contributed by atoms with Crippen LogP contribution < -0.4 is 5.32 Å². The second kappa shape index (κ2) is 5.94. The lowest BCUT2D eigenvalue weighted by Gasteiger charge is -2.06. The zero-order chi connectivity index (χ0) is 14.5. The van der Waals surface area contributed by atoms with Crippen molar-refractivity contribution in [1.29, 1.82) is 0 Å². The molecule has 0 aliphatic heterocycles. The molecule has 0 saturated heterocycles. The summed E-state index contributed by atoms with van der Waals surface area (Å²) in [4.78, 5) is 26.4. The number of aromatic carboxylic acids is 1. The fourth-order valence-electron chi connectivity index (χ4n) is 1.59. The van der Waals surface area contributed by atoms with Gasteiger partial charge in [-0.15, -0.1) is 0 Å². The van der Waals surface area contributed by atoms with E-state index in [0.29, 0.717) is 16.8 Å². The van der Waals surface area contributed by atoms with Gasteiger partial charge in [-0.25, -0.2) is 9.78 Å². The van der Waals surface area contributed by atoms with E-state index in [2.05, 4.69) is 10.3 Å². The monoisotopic (exact) mass is 272 g/mol. The van der Waals surface area contributed by atoms with Gasteiger partial charge in [-0.05, 0) is 29.8 Å². The molecular formula is C14H12N2O4. The molecule has 1 amide bonds. The molecule has 1 aromatic heterocycles. The molecule has 0 bridgehead atoms. The maximum Gasteiger partial charge on any atom is 0.354 e. The minimum Gasteiger partial charge on any atom is -0.477 e. The molecule has 1 aromatic carbocycles. The van der Waals surface area contributed by atoms with Crippen molar-refractivity contribution in [2.75, 3.05) is 5.32 Å². The van der Waals surface area contributed by atoms with Crippen molar-refractivity contribution in [3.05, 3.63) is 59.4 Å². The van der Waals surface area contributed by atoms with E-state index in [1.165, 1.54) is 18.3 Å². The smallest absolute Gasteiger partial charge is 0.354 e. The topological polar surface area (TPSA) is 99.5 Å². The Labute approximate surface area is 114 Å². The Hall–Kier alpha value is -2.73. The number of nitrogens with one attached hydrogen (secondary N) is 1. The molecule has 3 N–H and O–H groups in total. The van der Waals surface area contributed by atoms with Gasteiger partial charge in [-0.2, -0.15) is 0 Å². The van der Waals surface area contributed by atoms with Crippen molar-refractivity contribution < 1.29 is 19.8 Å². The Kier molecular flexibility index (Phi) is 4.07. The van der Waals surface area contributed by atoms with Gasteiger partial charge in [0, 0.05) is 17.4 Å². The summed E-state index contributed by atoms with van der Waals surface area (Å²) < 4.78 is 0. The first-order chi connectivity index (χ1) is 9.60. The summed E-state index contributed by atoms with van der Waals surface area (Å²) in [5.74, 6) is -1.52. The maximum absolute atomic E-state index is 12.0. The minimum atomic E-state index is -1.16. The molecule has 6 heteroatoms. The maximum atomic E-state index is 12.0. The normalized spacial score (nSPS) is 10.1. The number of hydrogen-bond acceptors (Lipinski definition) is 4. The third-order valence-electron chi connectivity index (χ3n) is 2.64. The standard InChI is InChI=1S/C14H12N2O4/c17-8-9-1-3-10(4-2-9)13(18)16-11-5-6-15-12(7-11)14(19)20/h1-7,17H,8H2,(H,19,20)(H,15,16,18). The molecule has 1 heterocycles. The summed E-state index contributed by atoms with van der Waals surface area (Å²) >= 11 is 0. The Morgan fingerprint density at radius 2 is 1.85 bits per heavy atom. The second-order valence-corrected chi connectivity index (χ2v) is 4.04. The lowest BCUT2D eigenvalue weighted by Crippen LogP contribution is -2.12. The van der Waals surface area contributed by atoms with Gasteiger partial charge < -0.3 is 15.5 Å². The van der Waals surface area contributed by atoms with E-state index in [9.17, 15) is 9.59 Å². The molecule has 0 fully saturated rings. The number of carboxylic acids is 1. The first kappa shape index (κ1) is 13.7. The van der Waals surface area contributed by atoms with Crippen LogP contribution in [0.1, 0.15) is 26.4 Å². The summed E-state index contributed by atoms with van der Waals surface area (Å²) in [6.07, 6.45) is 1.31. The van der Waals surface area contributed by atoms with Gasteiger partial charge >= 0.3 is 5.97 Å². The van der Waals surface area contributed by atoms with Crippen LogP contribution >= 0.6 is 0 Å². The number of amides is 1. The summed E-state index contributed by atoms with van der Waals surface area (Å²) in [7, 11) is 0. The first-order valence-corrected chi connectivity index (χ1v) is 5.80. The molecule has 2 rings (SSSR count). The highest BCUT2D eigenvalue weighted by Gasteiger charge is 2.09. The van der Waals surface area contributed by atoms with E-state index in [4.69, 9.17) is 10.2 Å². The molecule has 0 aliphatic carbocycles. The van der Waals surface area contributed by atoms with Crippen LogP contribution in [0.4, 0.5) is 5.69 Å². The van der Waals surface area contributed by atoms with Gasteiger partial charge in [0.05, 0.1) is 6.61 Å². The third-order valence-corrected chi connectivity index (χ3v) is 2.64. The summed E-state index contributed by atoms with van der Waals surface area (Å²) in [5.41, 5.74) is 1.33. The van der Waals surface area contributed by atoms with Gasteiger partial charge in [-0.3, -0.25) is 4.79 Å². The molecule has 6 nitrogen and oxygen atoms in total. The molecule has 0 radical (unpaired) electrons. The number of pyridine rings is 1. The number of carboxylic acid groups (broad SMARTS) is 1. The number of benzene rings is 1. The highest BCUT2D eigenvalue weighted by Crippen LogP contribution is 2.11. The molecule has 0 saturated carbocycles. The van der Waals surface area contributed by atoms with Crippen LogP contribution in [-0.4, -0.2) is 27.1 Å². The Morgan fingerprint density at radius 1 is 1.15 bits per heavy atom. The minimum absolute atomic E-state index is 0.0891. The van der Waals surface area contributed by atoms with E-state index in [1.54, 1.807) is 24.3 Å². The fraction of sp³-hybridized carbons (Fsp3) is 0.0714. The van der Waals surface area contributed by atoms with Crippen LogP contribution in [-0.2, 0) is 6.61 Å². The van der Waals surface area contributed by atoms with Crippen LogP contribution in [0.3, 0.4) is 0 Å². The number of aromatic nitrogens is 1. The molecular weight excluding hydrogens is 260 g/mol. The molecule has 102 valence electrons. The molecule has 0 aliphatic rings. The molecule has 20 heavy (non-hydrogen) atoms. The van der Waals surface area contributed by atoms with Gasteiger partial charge in [-0.1, -0.05) is 12.1 Å². The zero-order valence-corrected chi connectivity index (χ0v) is 10.4. The van der Waals surface area contributed by atoms with Crippen molar-refractivity contribution in [3.8, 4) is 0 Å². The predicted molar refractivity (Wildman–Crippen MR) is 71.5 cm³/mol. The first-order valence-electron chi connectivity index (χ1n) is 5.80. The van der Waals surface area contributed by atoms with E-state index in [1.807, 2.05) is 0 Å². The summed E-state index contributed by atoms with van der Waals surface area (Å²) in [6.45, 7) is -0.0891. The number of nitrogens with zero attached hydrogens (tertiary/aromatic N) is 1. The number of carbonyl (C=O) groups is 2. The van der Waals surface area contributed by atoms with Crippen molar-refractivity contribution in [2.45, 2.75) is 6.61 Å². The van der Waals surface area contributed by atoms with Crippen LogP contribution in [0, 0.1) is 0 Å². The SMILES string of the molecule is O=C(Nc1ccnc(C(=O)O)c1)c1ccc(CO)cc1. The van der Waals surface area contributed by atoms with Crippen LogP contribution in [0.15, 0.2) is 42.6 Å². The number of hydrogen-bond donors (Lipinski definition) is 3. The summed E-state index contributed by atoms with van der Waals surface area (Å²) in [6, 6.07) is 9.24. The Morgan fingerprint density at radius 3 is 2.45 bits per heavy atom. The zero-order valence-electron chi connectivity index (χ0n) is 10.4. The third kappa shape index (κ3) is 3.18. The number of aliphatic hydroxyl groups excluding tert-OH is 1. The van der Waals surface area contributed by atoms with Crippen molar-refractivity contribution in [2.24, 2.45) is 0 Å². The van der Waals surface area contributed by atoms with E-state index in [0.717, 1.165) is 0 Å². The van der Waals surface area contributed by atoms with E-state index < -0.39 is 5.97 Å². The quantitative estimate of drug-likeness (QED) is 0.783. The molecule has 2 aromatic rings. The average molecular weight is 272 g/mol. The average Bonchev–Trinajstić information content (AvgIpc) is 2.47. The summed E-state index contributed by atoms with van der Waals surface area (Å²) in [5, 5.41) is 20.3. The Bertz CT molecular complexity index is 638. The molecule has 0 atom stereocenters. The number of rotatable bonds is 4. The molecule has 0 spiro atoms. The lowest BCUT2D eigenvalue weighted by atomic mass is 10.1. The van der Waals surface area contributed by atoms with Crippen molar-refractivity contribution in [1.82, 2.24) is 4.98 Å². The largest absolute Gasteiger partial charge is 0.477 e. The Balaban J connectivity index is 2.14. The number of anilines is 1. The lowest BCUT2D eigenvalue weighted by molar-refractivity contribution is 0.0690. The molecule has 0 unspecified atom stereocenters. The van der Waals surface area contributed by atoms with Crippen LogP contribution in [0.5, 0.6) is 0 Å². The second-order valence-electron chi connectivity index (χ2n) is 4.04. The van der Waals surface area contributed by atoms with Crippen molar-refractivity contribution >= 4 is 17.6 Å². The predicted octanol–water partition coefficient (Wildman–Crippen LogP) is 1.52. The van der Waals surface area contributed by atoms with E-state index >= 15 is 0 Å². The number of aliphatic hydroxyl groups is 1. The van der Waals surface area contributed by atoms with Crippen LogP contribution in [0.25, 0.3) is 0 Å². The highest BCUT2D eigenvalue weighted by molar-refractivity contribution is 6.04. The van der Waals surface area contributed by atoms with Gasteiger partial charge in [0.1, 0.15) is 5.69 Å². The fourth-order valence-corrected chi connectivity index (χ4v) is 1.59. The van der Waals surface area contributed by atoms with Gasteiger partial charge in [0.2, 0.25) is 0 Å². The number of carbonyl (C=O) groups excluding carboxylic acids is 1. The van der Waals surface area contributed by atoms with Gasteiger partial charge in [0.25, 0.3) is 5.91 Å². The van der Waals surface area contributed by atoms with Crippen LogP contribution in [0.2, 0.25) is 0 Å². The van der Waals surface area contributed by atoms with Crippen molar-refractivity contribution in [3.63, 3.8) is 0 Å². The highest BCUT2D eigenvalue weighted by atomic mass is 16.4. The van der Waals surface area contributed by atoms with E-state index in [-0.39, 0.29) is 18.2 Å². The van der Waals surface area contributed by atoms with Gasteiger partial charge in [0.15, 0.2) is 0 Å².